The molecule has 0 aromatic heterocycles. The van der Waals surface area contributed by atoms with Gasteiger partial charge >= 0.3 is 19.8 Å². The molecule has 0 saturated heterocycles. The number of phosphoric acid groups is 1. The van der Waals surface area contributed by atoms with E-state index in [9.17, 15) is 19.0 Å². The summed E-state index contributed by atoms with van der Waals surface area (Å²) in [7, 11) is -4.62. The highest BCUT2D eigenvalue weighted by atomic mass is 31.2. The van der Waals surface area contributed by atoms with Crippen LogP contribution in [0.15, 0.2) is 48.6 Å². The zero-order valence-electron chi connectivity index (χ0n) is 36.2. The summed E-state index contributed by atoms with van der Waals surface area (Å²) in [6.07, 6.45) is 48.7. The molecule has 3 unspecified atom stereocenters. The van der Waals surface area contributed by atoms with Crippen molar-refractivity contribution in [1.29, 1.82) is 0 Å². The lowest BCUT2D eigenvalue weighted by atomic mass is 10.1. The van der Waals surface area contributed by atoms with Crippen molar-refractivity contribution in [3.8, 4) is 0 Å². The van der Waals surface area contributed by atoms with Gasteiger partial charge in [-0.25, -0.2) is 4.57 Å². The predicted molar refractivity (Wildman–Crippen MR) is 235 cm³/mol. The Morgan fingerprint density at radius 2 is 0.965 bits per heavy atom. The van der Waals surface area contributed by atoms with Gasteiger partial charge in [-0.3, -0.25) is 18.6 Å². The Morgan fingerprint density at radius 3 is 1.42 bits per heavy atom. The lowest BCUT2D eigenvalue weighted by molar-refractivity contribution is -0.154. The average Bonchev–Trinajstić information content (AvgIpc) is 3.19. The molecule has 332 valence electrons. The van der Waals surface area contributed by atoms with Crippen molar-refractivity contribution in [3.63, 3.8) is 0 Å². The molecule has 11 heteroatoms. The smallest absolute Gasteiger partial charge is 0.472 e. The molecule has 0 bridgehead atoms. The fourth-order valence-electron chi connectivity index (χ4n) is 6.02. The molecule has 10 nitrogen and oxygen atoms in total. The molecule has 0 heterocycles. The second-order valence-corrected chi connectivity index (χ2v) is 16.6. The molecule has 57 heavy (non-hydrogen) atoms. The fourth-order valence-corrected chi connectivity index (χ4v) is 6.79. The minimum atomic E-state index is -4.62. The van der Waals surface area contributed by atoms with Crippen LogP contribution in [0.3, 0.4) is 0 Å². The number of hydrogen-bond donors (Lipinski definition) is 3. The predicted octanol–water partition coefficient (Wildman–Crippen LogP) is 12.6. The number of carbonyl (C=O) groups excluding carboxylic acids is 1. The average molecular weight is 826 g/mol. The van der Waals surface area contributed by atoms with Gasteiger partial charge in [-0.1, -0.05) is 159 Å². The van der Waals surface area contributed by atoms with Crippen molar-refractivity contribution in [2.24, 2.45) is 5.73 Å². The van der Waals surface area contributed by atoms with E-state index in [1.807, 2.05) is 0 Å². The fraction of sp³-hybridized carbons (Fsp3) is 0.783. The number of aliphatic carboxylic acids is 1. The summed E-state index contributed by atoms with van der Waals surface area (Å²) in [6.45, 7) is 3.81. The van der Waals surface area contributed by atoms with Gasteiger partial charge in [-0.05, 0) is 77.0 Å². The third-order valence-electron chi connectivity index (χ3n) is 9.58. The molecule has 0 radical (unpaired) electrons. The highest BCUT2D eigenvalue weighted by Crippen LogP contribution is 2.43. The van der Waals surface area contributed by atoms with E-state index in [-0.39, 0.29) is 13.0 Å². The maximum Gasteiger partial charge on any atom is 0.472 e. The first kappa shape index (κ1) is 54.9. The third kappa shape index (κ3) is 41.9. The highest BCUT2D eigenvalue weighted by molar-refractivity contribution is 7.47. The van der Waals surface area contributed by atoms with Crippen LogP contribution in [0.4, 0.5) is 0 Å². The number of nitrogens with two attached hydrogens (primary N) is 1. The molecule has 0 fully saturated rings. The number of hydrogen-bond acceptors (Lipinski definition) is 8. The normalized spacial score (nSPS) is 14.3. The molecule has 0 aromatic carbocycles. The van der Waals surface area contributed by atoms with E-state index in [0.29, 0.717) is 13.0 Å². The van der Waals surface area contributed by atoms with Crippen LogP contribution in [0.5, 0.6) is 0 Å². The molecular formula is C46H84NO9P. The van der Waals surface area contributed by atoms with Crippen molar-refractivity contribution in [2.45, 2.75) is 206 Å². The molecule has 0 aliphatic carbocycles. The molecule has 0 rings (SSSR count). The number of ether oxygens (including phenoxy) is 2. The Morgan fingerprint density at radius 1 is 0.561 bits per heavy atom. The van der Waals surface area contributed by atoms with Crippen molar-refractivity contribution in [2.75, 3.05) is 26.4 Å². The summed E-state index contributed by atoms with van der Waals surface area (Å²) in [6, 6.07) is -1.48. The lowest BCUT2D eigenvalue weighted by Gasteiger charge is -2.20. The van der Waals surface area contributed by atoms with E-state index in [4.69, 9.17) is 29.4 Å². The number of esters is 1. The largest absolute Gasteiger partial charge is 0.480 e. The van der Waals surface area contributed by atoms with Crippen molar-refractivity contribution in [1.82, 2.24) is 0 Å². The SMILES string of the molecule is CCCCC/C=C\C/C=C\CCCCCCCCCCCCOCC(COP(=O)(O)OCC(N)C(=O)O)OC(=O)CCCCCCC/C=C\C/C=C\CCCCC. The standard InChI is InChI=1S/C46H84NO9P/c1-3-5-7-9-11-13-15-17-19-20-21-22-23-25-27-29-31-33-35-37-39-53-40-43(41-54-57(51,52)55-42-44(47)46(49)50)56-45(48)38-36-34-32-30-28-26-24-18-16-14-12-10-8-6-4-2/h11-14,17-19,24,43-44H,3-10,15-16,20-23,25-42,47H2,1-2H3,(H,49,50)(H,51,52)/b13-11-,14-12-,19-17-,24-18-. The van der Waals surface area contributed by atoms with E-state index >= 15 is 0 Å². The van der Waals surface area contributed by atoms with Crippen LogP contribution in [-0.4, -0.2) is 60.5 Å². The van der Waals surface area contributed by atoms with Crippen molar-refractivity contribution in [3.05, 3.63) is 48.6 Å². The lowest BCUT2D eigenvalue weighted by Crippen LogP contribution is -2.34. The van der Waals surface area contributed by atoms with Gasteiger partial charge in [0.1, 0.15) is 12.1 Å². The first-order valence-electron chi connectivity index (χ1n) is 22.7. The molecule has 0 aromatic rings. The van der Waals surface area contributed by atoms with Crippen LogP contribution >= 0.6 is 7.82 Å². The first-order valence-corrected chi connectivity index (χ1v) is 24.2. The Kier molecular flexibility index (Phi) is 40.5. The van der Waals surface area contributed by atoms with Crippen LogP contribution in [-0.2, 0) is 32.7 Å². The summed E-state index contributed by atoms with van der Waals surface area (Å²) in [5.41, 5.74) is 5.36. The summed E-state index contributed by atoms with van der Waals surface area (Å²) in [5.74, 6) is -1.79. The second kappa shape index (κ2) is 42.1. The molecule has 0 saturated carbocycles. The Labute approximate surface area is 348 Å². The van der Waals surface area contributed by atoms with E-state index in [2.05, 4.69) is 62.5 Å². The Balaban J connectivity index is 4.22. The Bertz CT molecular complexity index is 1090. The third-order valence-corrected chi connectivity index (χ3v) is 10.5. The number of allylic oxidation sites excluding steroid dienone is 8. The van der Waals surface area contributed by atoms with E-state index in [0.717, 1.165) is 64.2 Å². The van der Waals surface area contributed by atoms with Gasteiger partial charge < -0.3 is 25.2 Å². The second-order valence-electron chi connectivity index (χ2n) is 15.2. The van der Waals surface area contributed by atoms with Gasteiger partial charge in [0.2, 0.25) is 0 Å². The van der Waals surface area contributed by atoms with Crippen LogP contribution in [0.2, 0.25) is 0 Å². The maximum absolute atomic E-state index is 12.6. The quantitative estimate of drug-likeness (QED) is 0.0234. The molecule has 0 spiro atoms. The number of carboxylic acid groups (broad SMARTS) is 1. The van der Waals surface area contributed by atoms with Crippen LogP contribution in [0.1, 0.15) is 194 Å². The summed E-state index contributed by atoms with van der Waals surface area (Å²) < 4.78 is 33.4. The number of unbranched alkanes of at least 4 members (excludes halogenated alkanes) is 21. The summed E-state index contributed by atoms with van der Waals surface area (Å²) >= 11 is 0. The van der Waals surface area contributed by atoms with Crippen LogP contribution in [0.25, 0.3) is 0 Å². The van der Waals surface area contributed by atoms with Crippen LogP contribution < -0.4 is 5.73 Å². The van der Waals surface area contributed by atoms with Crippen molar-refractivity contribution >= 4 is 19.8 Å². The van der Waals surface area contributed by atoms with E-state index < -0.39 is 45.1 Å². The van der Waals surface area contributed by atoms with Gasteiger partial charge in [-0.15, -0.1) is 0 Å². The maximum atomic E-state index is 12.6. The number of phosphoric ester groups is 1. The van der Waals surface area contributed by atoms with Gasteiger partial charge in [0.05, 0.1) is 19.8 Å². The number of carboxylic acids is 1. The van der Waals surface area contributed by atoms with Gasteiger partial charge in [-0.2, -0.15) is 0 Å². The zero-order valence-corrected chi connectivity index (χ0v) is 37.1. The molecule has 0 aliphatic rings. The molecular weight excluding hydrogens is 741 g/mol. The van der Waals surface area contributed by atoms with E-state index in [1.54, 1.807) is 0 Å². The van der Waals surface area contributed by atoms with E-state index in [1.165, 1.54) is 103 Å². The zero-order chi connectivity index (χ0) is 41.9. The van der Waals surface area contributed by atoms with Crippen LogP contribution in [0, 0.1) is 0 Å². The number of carbonyl (C=O) groups is 2. The number of rotatable bonds is 43. The van der Waals surface area contributed by atoms with Gasteiger partial charge in [0.25, 0.3) is 0 Å². The topological polar surface area (TPSA) is 155 Å². The van der Waals surface area contributed by atoms with Gasteiger partial charge in [0, 0.05) is 13.0 Å². The molecule has 3 atom stereocenters. The minimum Gasteiger partial charge on any atom is -0.480 e. The Hall–Kier alpha value is -2.07. The first-order chi connectivity index (χ1) is 27.7. The summed E-state index contributed by atoms with van der Waals surface area (Å²) in [5, 5.41) is 8.90. The molecule has 4 N–H and O–H groups in total. The van der Waals surface area contributed by atoms with Crippen molar-refractivity contribution < 1.29 is 42.7 Å². The molecule has 0 amide bonds. The highest BCUT2D eigenvalue weighted by Gasteiger charge is 2.27. The summed E-state index contributed by atoms with van der Waals surface area (Å²) in [4.78, 5) is 33.5. The minimum absolute atomic E-state index is 0.00844. The van der Waals surface area contributed by atoms with Gasteiger partial charge in [0.15, 0.2) is 0 Å². The monoisotopic (exact) mass is 826 g/mol. The molecule has 0 aliphatic heterocycles.